The minimum absolute atomic E-state index is 0.213. The molecule has 1 aliphatic carbocycles. The predicted octanol–water partition coefficient (Wildman–Crippen LogP) is 3.27. The molecule has 0 spiro atoms. The highest BCUT2D eigenvalue weighted by atomic mass is 19.1. The largest absolute Gasteiger partial charge is 0.335 e. The van der Waals surface area contributed by atoms with Gasteiger partial charge in [-0.2, -0.15) is 0 Å². The van der Waals surface area contributed by atoms with E-state index < -0.39 is 17.7 Å². The highest BCUT2D eigenvalue weighted by molar-refractivity contribution is 5.74. The maximum Gasteiger partial charge on any atom is 0.315 e. The summed E-state index contributed by atoms with van der Waals surface area (Å²) < 4.78 is 26.3. The molecule has 104 valence electrons. The van der Waals surface area contributed by atoms with Gasteiger partial charge >= 0.3 is 6.03 Å². The number of halogens is 2. The third kappa shape index (κ3) is 3.66. The van der Waals surface area contributed by atoms with E-state index in [0.29, 0.717) is 0 Å². The number of rotatable bonds is 3. The normalized spacial score (nSPS) is 17.2. The van der Waals surface area contributed by atoms with Crippen LogP contribution in [0.25, 0.3) is 0 Å². The van der Waals surface area contributed by atoms with Crippen molar-refractivity contribution < 1.29 is 13.6 Å². The van der Waals surface area contributed by atoms with E-state index in [-0.39, 0.29) is 17.6 Å². The maximum atomic E-state index is 13.5. The molecule has 1 aromatic rings. The molecule has 1 aliphatic rings. The van der Waals surface area contributed by atoms with Crippen LogP contribution in [0.4, 0.5) is 13.6 Å². The Morgan fingerprint density at radius 3 is 2.63 bits per heavy atom. The number of urea groups is 1. The van der Waals surface area contributed by atoms with Gasteiger partial charge in [0.2, 0.25) is 0 Å². The molecule has 1 aromatic carbocycles. The number of carbonyl (C=O) groups is 1. The highest BCUT2D eigenvalue weighted by Crippen LogP contribution is 2.19. The van der Waals surface area contributed by atoms with Crippen LogP contribution in [0.1, 0.15) is 44.2 Å². The van der Waals surface area contributed by atoms with Crippen molar-refractivity contribution in [2.24, 2.45) is 0 Å². The van der Waals surface area contributed by atoms with Crippen LogP contribution in [0.3, 0.4) is 0 Å². The molecular weight excluding hydrogens is 250 g/mol. The number of benzene rings is 1. The fourth-order valence-electron chi connectivity index (χ4n) is 2.42. The second-order valence-electron chi connectivity index (χ2n) is 4.99. The molecule has 0 bridgehead atoms. The van der Waals surface area contributed by atoms with E-state index in [9.17, 15) is 13.6 Å². The van der Waals surface area contributed by atoms with Crippen LogP contribution >= 0.6 is 0 Å². The topological polar surface area (TPSA) is 41.1 Å². The summed E-state index contributed by atoms with van der Waals surface area (Å²) in [5, 5.41) is 5.53. The third-order valence-electron chi connectivity index (χ3n) is 3.47. The summed E-state index contributed by atoms with van der Waals surface area (Å²) in [6.07, 6.45) is 4.25. The van der Waals surface area contributed by atoms with Crippen molar-refractivity contribution in [2.75, 3.05) is 0 Å². The van der Waals surface area contributed by atoms with Crippen molar-refractivity contribution in [3.05, 3.63) is 35.4 Å². The van der Waals surface area contributed by atoms with Crippen LogP contribution in [-0.2, 0) is 0 Å². The van der Waals surface area contributed by atoms with Crippen LogP contribution in [-0.4, -0.2) is 12.1 Å². The van der Waals surface area contributed by atoms with Crippen molar-refractivity contribution >= 4 is 6.03 Å². The van der Waals surface area contributed by atoms with Crippen LogP contribution in [0.2, 0.25) is 0 Å². The lowest BCUT2D eigenvalue weighted by atomic mass is 10.1. The lowest BCUT2D eigenvalue weighted by molar-refractivity contribution is 0.234. The zero-order chi connectivity index (χ0) is 13.8. The van der Waals surface area contributed by atoms with Crippen LogP contribution in [0.5, 0.6) is 0 Å². The monoisotopic (exact) mass is 268 g/mol. The van der Waals surface area contributed by atoms with Crippen LogP contribution < -0.4 is 10.6 Å². The summed E-state index contributed by atoms with van der Waals surface area (Å²) >= 11 is 0. The Morgan fingerprint density at radius 1 is 1.32 bits per heavy atom. The second-order valence-corrected chi connectivity index (χ2v) is 4.99. The van der Waals surface area contributed by atoms with E-state index in [0.717, 1.165) is 31.7 Å². The zero-order valence-electron chi connectivity index (χ0n) is 10.9. The van der Waals surface area contributed by atoms with Gasteiger partial charge in [0.05, 0.1) is 6.04 Å². The van der Waals surface area contributed by atoms with Gasteiger partial charge in [-0.15, -0.1) is 0 Å². The van der Waals surface area contributed by atoms with Gasteiger partial charge < -0.3 is 10.6 Å². The molecule has 1 unspecified atom stereocenters. The lowest BCUT2D eigenvalue weighted by Crippen LogP contribution is -2.42. The van der Waals surface area contributed by atoms with Crippen molar-refractivity contribution in [3.8, 4) is 0 Å². The summed E-state index contributed by atoms with van der Waals surface area (Å²) in [7, 11) is 0. The van der Waals surface area contributed by atoms with E-state index in [2.05, 4.69) is 10.6 Å². The Bertz CT molecular complexity index is 459. The van der Waals surface area contributed by atoms with Gasteiger partial charge in [-0.1, -0.05) is 18.9 Å². The molecule has 1 saturated carbocycles. The molecule has 0 aliphatic heterocycles. The van der Waals surface area contributed by atoms with Gasteiger partial charge in [0.25, 0.3) is 0 Å². The van der Waals surface area contributed by atoms with E-state index in [1.54, 1.807) is 6.92 Å². The molecule has 0 radical (unpaired) electrons. The fraction of sp³-hybridized carbons (Fsp3) is 0.500. The summed E-state index contributed by atoms with van der Waals surface area (Å²) in [4.78, 5) is 11.7. The minimum atomic E-state index is -0.645. The van der Waals surface area contributed by atoms with Crippen LogP contribution in [0, 0.1) is 11.6 Å². The highest BCUT2D eigenvalue weighted by Gasteiger charge is 2.19. The Hall–Kier alpha value is -1.65. The number of hydrogen-bond donors (Lipinski definition) is 2. The molecule has 0 aromatic heterocycles. The van der Waals surface area contributed by atoms with Crippen molar-refractivity contribution in [3.63, 3.8) is 0 Å². The molecule has 1 fully saturated rings. The minimum Gasteiger partial charge on any atom is -0.335 e. The van der Waals surface area contributed by atoms with Crippen molar-refractivity contribution in [2.45, 2.75) is 44.7 Å². The fourth-order valence-corrected chi connectivity index (χ4v) is 2.42. The first-order chi connectivity index (χ1) is 9.06. The Kier molecular flexibility index (Phi) is 4.35. The first kappa shape index (κ1) is 13.8. The van der Waals surface area contributed by atoms with Gasteiger partial charge in [-0.3, -0.25) is 0 Å². The first-order valence-corrected chi connectivity index (χ1v) is 6.58. The molecule has 5 heteroatoms. The van der Waals surface area contributed by atoms with Gasteiger partial charge in [-0.25, -0.2) is 13.6 Å². The Balaban J connectivity index is 1.92. The number of carbonyl (C=O) groups excluding carboxylic acids is 1. The Morgan fingerprint density at radius 2 is 2.00 bits per heavy atom. The standard InChI is InChI=1S/C14H18F2N2O/c1-9(12-7-6-10(15)8-13(12)16)17-14(19)18-11-4-2-3-5-11/h6-9,11H,2-5H2,1H3,(H2,17,18,19). The maximum absolute atomic E-state index is 13.5. The SMILES string of the molecule is CC(NC(=O)NC1CCCC1)c1ccc(F)cc1F. The molecular formula is C14H18F2N2O. The summed E-state index contributed by atoms with van der Waals surface area (Å²) in [5.74, 6) is -1.27. The van der Waals surface area contributed by atoms with Gasteiger partial charge in [0.15, 0.2) is 0 Å². The molecule has 1 atom stereocenters. The number of nitrogens with one attached hydrogen (secondary N) is 2. The molecule has 2 N–H and O–H groups in total. The summed E-state index contributed by atoms with van der Waals surface area (Å²) in [6.45, 7) is 1.67. The third-order valence-corrected chi connectivity index (χ3v) is 3.47. The van der Waals surface area contributed by atoms with Gasteiger partial charge in [0.1, 0.15) is 11.6 Å². The van der Waals surface area contributed by atoms with E-state index in [4.69, 9.17) is 0 Å². The van der Waals surface area contributed by atoms with Crippen molar-refractivity contribution in [1.82, 2.24) is 10.6 Å². The van der Waals surface area contributed by atoms with E-state index in [1.807, 2.05) is 0 Å². The number of amides is 2. The average molecular weight is 268 g/mol. The lowest BCUT2D eigenvalue weighted by Gasteiger charge is -2.18. The molecule has 0 heterocycles. The molecule has 2 rings (SSSR count). The van der Waals surface area contributed by atoms with Crippen LogP contribution in [0.15, 0.2) is 18.2 Å². The van der Waals surface area contributed by atoms with Crippen molar-refractivity contribution in [1.29, 1.82) is 0 Å². The zero-order valence-corrected chi connectivity index (χ0v) is 10.9. The quantitative estimate of drug-likeness (QED) is 0.868. The average Bonchev–Trinajstić information content (AvgIpc) is 2.81. The smallest absolute Gasteiger partial charge is 0.315 e. The van der Waals surface area contributed by atoms with E-state index in [1.165, 1.54) is 12.1 Å². The van der Waals surface area contributed by atoms with Gasteiger partial charge in [0, 0.05) is 17.7 Å². The second kappa shape index (κ2) is 5.99. The number of hydrogen-bond acceptors (Lipinski definition) is 1. The van der Waals surface area contributed by atoms with E-state index >= 15 is 0 Å². The predicted molar refractivity (Wildman–Crippen MR) is 68.7 cm³/mol. The first-order valence-electron chi connectivity index (χ1n) is 6.58. The Labute approximate surface area is 111 Å². The molecule has 19 heavy (non-hydrogen) atoms. The van der Waals surface area contributed by atoms with Gasteiger partial charge in [-0.05, 0) is 25.8 Å². The molecule has 3 nitrogen and oxygen atoms in total. The summed E-state index contributed by atoms with van der Waals surface area (Å²) in [6, 6.07) is 2.77. The molecule has 2 amide bonds. The summed E-state index contributed by atoms with van der Waals surface area (Å²) in [5.41, 5.74) is 0.281. The molecule has 0 saturated heterocycles.